The number of carbonyl (C=O) groups is 1. The average Bonchev–Trinajstić information content (AvgIpc) is 3.40. The van der Waals surface area contributed by atoms with Crippen molar-refractivity contribution >= 4 is 22.6 Å². The van der Waals surface area contributed by atoms with Crippen molar-refractivity contribution in [1.29, 1.82) is 0 Å². The minimum atomic E-state index is -4.46. The minimum absolute atomic E-state index is 0.00479. The molecular formula is C30H47F3O6Si2. The van der Waals surface area contributed by atoms with Crippen LogP contribution in [0.25, 0.3) is 0 Å². The molecule has 0 N–H and O–H groups in total. The maximum atomic E-state index is 13.3. The lowest BCUT2D eigenvalue weighted by molar-refractivity contribution is -0.142. The smallest absolute Gasteiger partial charge is 0.416 e. The number of ether oxygens (including phenoxy) is 3. The Labute approximate surface area is 244 Å². The van der Waals surface area contributed by atoms with Crippen molar-refractivity contribution in [2.75, 3.05) is 6.61 Å². The fourth-order valence-corrected chi connectivity index (χ4v) is 8.15. The fourth-order valence-electron chi connectivity index (χ4n) is 5.47. The molecule has 7 atom stereocenters. The molecule has 3 fully saturated rings. The number of alkyl halides is 3. The van der Waals surface area contributed by atoms with Crippen molar-refractivity contribution in [3.8, 4) is 5.75 Å². The van der Waals surface area contributed by atoms with Gasteiger partial charge in [-0.2, -0.15) is 13.2 Å². The van der Waals surface area contributed by atoms with Crippen molar-refractivity contribution in [3.63, 3.8) is 0 Å². The monoisotopic (exact) mass is 616 g/mol. The van der Waals surface area contributed by atoms with Crippen LogP contribution >= 0.6 is 0 Å². The molecule has 1 aromatic rings. The highest BCUT2D eigenvalue weighted by Crippen LogP contribution is 2.53. The first-order valence-electron chi connectivity index (χ1n) is 14.6. The van der Waals surface area contributed by atoms with Crippen molar-refractivity contribution in [2.24, 2.45) is 11.8 Å². The standard InChI is InChI=1S/C30H47F3O6Si2/c1-28(2,3)40(7,8)38-22-16-21-20(15-24(34)36-21)25(22)27-26(37-27)23(39-41(9,10)29(4,5)6)17-35-19-13-11-12-18(14-19)30(31,32)33/h11-14,20-23,25-27H,15-17H2,1-10H3/t20-,21-,22+,23+,25+,26?,27+/m0/s1. The van der Waals surface area contributed by atoms with Crippen LogP contribution in [0.1, 0.15) is 59.9 Å². The second-order valence-corrected chi connectivity index (χ2v) is 24.5. The Bertz CT molecular complexity index is 1110. The topological polar surface area (TPSA) is 66.5 Å². The summed E-state index contributed by atoms with van der Waals surface area (Å²) in [4.78, 5) is 12.3. The number of carbonyl (C=O) groups excluding carboxylic acids is 1. The van der Waals surface area contributed by atoms with E-state index in [0.29, 0.717) is 12.8 Å². The van der Waals surface area contributed by atoms with Crippen LogP contribution in [0.4, 0.5) is 13.2 Å². The zero-order chi connectivity index (χ0) is 30.8. The van der Waals surface area contributed by atoms with Crippen LogP contribution < -0.4 is 4.74 Å². The van der Waals surface area contributed by atoms with Crippen molar-refractivity contribution < 1.29 is 41.0 Å². The van der Waals surface area contributed by atoms with E-state index in [2.05, 4.69) is 67.7 Å². The SMILES string of the molecule is CC(C)(C)[Si](C)(C)O[C@H](COc1cccc(C(F)(F)F)c1)C1O[C@@H]1[C@@H]1[C@H]2CC(=O)O[C@H]2C[C@H]1O[Si](C)(C)C(C)(C)C. The Balaban J connectivity index is 1.57. The average molecular weight is 617 g/mol. The van der Waals surface area contributed by atoms with Gasteiger partial charge in [0.05, 0.1) is 24.2 Å². The maximum absolute atomic E-state index is 13.3. The van der Waals surface area contributed by atoms with Crippen LogP contribution in [0, 0.1) is 11.8 Å². The molecule has 1 unspecified atom stereocenters. The van der Waals surface area contributed by atoms with Crippen molar-refractivity contribution in [2.45, 2.75) is 127 Å². The third kappa shape index (κ3) is 7.05. The van der Waals surface area contributed by atoms with Crippen LogP contribution in [0.3, 0.4) is 0 Å². The number of benzene rings is 1. The third-order valence-corrected chi connectivity index (χ3v) is 18.9. The summed E-state index contributed by atoms with van der Waals surface area (Å²) >= 11 is 0. The molecule has 41 heavy (non-hydrogen) atoms. The van der Waals surface area contributed by atoms with Crippen LogP contribution in [-0.2, 0) is 29.3 Å². The first kappa shape index (κ1) is 32.5. The third-order valence-electron chi connectivity index (χ3n) is 9.94. The van der Waals surface area contributed by atoms with Gasteiger partial charge in [0.25, 0.3) is 0 Å². The van der Waals surface area contributed by atoms with E-state index in [1.54, 1.807) is 0 Å². The van der Waals surface area contributed by atoms with E-state index < -0.39 is 34.5 Å². The molecule has 2 saturated heterocycles. The van der Waals surface area contributed by atoms with Gasteiger partial charge in [-0.1, -0.05) is 47.6 Å². The number of hydrogen-bond acceptors (Lipinski definition) is 6. The van der Waals surface area contributed by atoms with Gasteiger partial charge in [0.2, 0.25) is 0 Å². The lowest BCUT2D eigenvalue weighted by Gasteiger charge is -2.40. The Morgan fingerprint density at radius 1 is 1.00 bits per heavy atom. The van der Waals surface area contributed by atoms with Gasteiger partial charge in [-0.05, 0) is 54.5 Å². The zero-order valence-electron chi connectivity index (χ0n) is 26.1. The lowest BCUT2D eigenvalue weighted by Crippen LogP contribution is -2.48. The molecule has 232 valence electrons. The molecule has 0 spiro atoms. The first-order chi connectivity index (χ1) is 18.6. The van der Waals surface area contributed by atoms with Crippen LogP contribution in [0.15, 0.2) is 24.3 Å². The lowest BCUT2D eigenvalue weighted by atomic mass is 9.87. The summed E-state index contributed by atoms with van der Waals surface area (Å²) in [5.41, 5.74) is -0.758. The summed E-state index contributed by atoms with van der Waals surface area (Å²) in [6.07, 6.45) is -4.78. The summed E-state index contributed by atoms with van der Waals surface area (Å²) in [5.74, 6) is -0.0829. The molecule has 3 aliphatic rings. The van der Waals surface area contributed by atoms with Crippen molar-refractivity contribution in [3.05, 3.63) is 29.8 Å². The highest BCUT2D eigenvalue weighted by Gasteiger charge is 2.63. The summed E-state index contributed by atoms with van der Waals surface area (Å²) in [7, 11) is -4.42. The summed E-state index contributed by atoms with van der Waals surface area (Å²) in [6.45, 7) is 21.8. The number of rotatable bonds is 9. The normalized spacial score (nSPS) is 29.7. The van der Waals surface area contributed by atoms with E-state index in [0.717, 1.165) is 12.1 Å². The molecule has 0 aromatic heterocycles. The molecule has 11 heteroatoms. The largest absolute Gasteiger partial charge is 0.491 e. The van der Waals surface area contributed by atoms with E-state index in [9.17, 15) is 18.0 Å². The Kier molecular flexibility index (Phi) is 8.68. The molecule has 0 amide bonds. The molecule has 1 aliphatic carbocycles. The minimum Gasteiger partial charge on any atom is -0.491 e. The number of hydrogen-bond donors (Lipinski definition) is 0. The molecule has 4 rings (SSSR count). The highest BCUT2D eigenvalue weighted by atomic mass is 28.4. The first-order valence-corrected chi connectivity index (χ1v) is 20.4. The number of epoxide rings is 1. The van der Waals surface area contributed by atoms with Gasteiger partial charge in [-0.15, -0.1) is 0 Å². The second-order valence-electron chi connectivity index (χ2n) is 14.9. The van der Waals surface area contributed by atoms with Gasteiger partial charge in [-0.3, -0.25) is 4.79 Å². The molecule has 1 saturated carbocycles. The van der Waals surface area contributed by atoms with Gasteiger partial charge in [-0.25, -0.2) is 0 Å². The Morgan fingerprint density at radius 3 is 2.22 bits per heavy atom. The predicted octanol–water partition coefficient (Wildman–Crippen LogP) is 7.58. The second kappa shape index (κ2) is 10.9. The van der Waals surface area contributed by atoms with Crippen LogP contribution in [0.5, 0.6) is 5.75 Å². The van der Waals surface area contributed by atoms with Crippen LogP contribution in [-0.4, -0.2) is 59.7 Å². The summed E-state index contributed by atoms with van der Waals surface area (Å²) in [5, 5.41) is -0.0769. The number of esters is 1. The molecule has 2 heterocycles. The Hall–Kier alpha value is -1.41. The predicted molar refractivity (Wildman–Crippen MR) is 156 cm³/mol. The molecule has 6 nitrogen and oxygen atoms in total. The van der Waals surface area contributed by atoms with Gasteiger partial charge in [0, 0.05) is 18.3 Å². The van der Waals surface area contributed by atoms with E-state index >= 15 is 0 Å². The molecule has 1 aromatic carbocycles. The van der Waals surface area contributed by atoms with Crippen LogP contribution in [0.2, 0.25) is 36.3 Å². The van der Waals surface area contributed by atoms with E-state index in [1.165, 1.54) is 12.1 Å². The van der Waals surface area contributed by atoms with Crippen molar-refractivity contribution in [1.82, 2.24) is 0 Å². The summed E-state index contributed by atoms with van der Waals surface area (Å²) in [6, 6.07) is 4.91. The number of fused-ring (bicyclic) bond motifs is 1. The van der Waals surface area contributed by atoms with E-state index in [-0.39, 0.29) is 64.7 Å². The van der Waals surface area contributed by atoms with Gasteiger partial charge in [0.1, 0.15) is 30.7 Å². The van der Waals surface area contributed by atoms with E-state index in [1.807, 2.05) is 0 Å². The maximum Gasteiger partial charge on any atom is 0.416 e. The summed E-state index contributed by atoms with van der Waals surface area (Å²) < 4.78 is 71.6. The fraction of sp³-hybridized carbons (Fsp3) is 0.767. The highest BCUT2D eigenvalue weighted by molar-refractivity contribution is 6.74. The van der Waals surface area contributed by atoms with Gasteiger partial charge in [0.15, 0.2) is 16.6 Å². The molecule has 0 bridgehead atoms. The van der Waals surface area contributed by atoms with Gasteiger partial charge >= 0.3 is 12.1 Å². The zero-order valence-corrected chi connectivity index (χ0v) is 28.1. The number of halogens is 3. The van der Waals surface area contributed by atoms with Gasteiger partial charge < -0.3 is 23.1 Å². The quantitative estimate of drug-likeness (QED) is 0.162. The Morgan fingerprint density at radius 2 is 1.63 bits per heavy atom. The molecule has 2 aliphatic heterocycles. The molecule has 0 radical (unpaired) electrons. The molecular weight excluding hydrogens is 569 g/mol. The van der Waals surface area contributed by atoms with E-state index in [4.69, 9.17) is 23.1 Å².